The van der Waals surface area contributed by atoms with Gasteiger partial charge in [0.25, 0.3) is 0 Å². The molecule has 0 aromatic carbocycles. The number of nitrogens with two attached hydrogens (primary N) is 1. The first-order chi connectivity index (χ1) is 12.2. The monoisotopic (exact) mass is 388 g/mol. The largest absolute Gasteiger partial charge is 0.388 e. The van der Waals surface area contributed by atoms with Gasteiger partial charge in [0.05, 0.1) is 17.6 Å². The van der Waals surface area contributed by atoms with Gasteiger partial charge < -0.3 is 39.8 Å². The zero-order valence-corrected chi connectivity index (χ0v) is 14.8. The Hall–Kier alpha value is -1.59. The molecule has 0 aliphatic carbocycles. The van der Waals surface area contributed by atoms with Gasteiger partial charge in [0.2, 0.25) is 0 Å². The van der Waals surface area contributed by atoms with E-state index in [0.717, 1.165) is 0 Å². The number of aromatic nitrogens is 3. The second-order valence-corrected chi connectivity index (χ2v) is 7.96. The summed E-state index contributed by atoms with van der Waals surface area (Å²) in [4.78, 5) is 17.4. The van der Waals surface area contributed by atoms with E-state index in [-0.39, 0.29) is 12.2 Å². The van der Waals surface area contributed by atoms with Crippen LogP contribution in [-0.4, -0.2) is 65.5 Å². The van der Waals surface area contributed by atoms with Crippen LogP contribution in [0.4, 0.5) is 5.82 Å². The molecular formula is C14H21N4O7P. The van der Waals surface area contributed by atoms with E-state index in [1.54, 1.807) is 12.3 Å². The highest BCUT2D eigenvalue weighted by molar-refractivity contribution is 7.52. The summed E-state index contributed by atoms with van der Waals surface area (Å²) in [6.45, 7) is 1.51. The van der Waals surface area contributed by atoms with Crippen LogP contribution in [-0.2, 0) is 13.8 Å². The number of ether oxygens (including phenoxy) is 1. The minimum absolute atomic E-state index is 0.0373. The molecule has 11 nitrogen and oxygen atoms in total. The third-order valence-corrected chi connectivity index (χ3v) is 5.29. The van der Waals surface area contributed by atoms with Crippen LogP contribution in [0.1, 0.15) is 19.6 Å². The highest BCUT2D eigenvalue weighted by atomic mass is 31.2. The quantitative estimate of drug-likeness (QED) is 0.408. The van der Waals surface area contributed by atoms with E-state index in [4.69, 9.17) is 20.1 Å². The Morgan fingerprint density at radius 3 is 2.85 bits per heavy atom. The van der Waals surface area contributed by atoms with Crippen LogP contribution in [0, 0.1) is 0 Å². The van der Waals surface area contributed by atoms with Gasteiger partial charge in [-0.05, 0) is 13.0 Å². The molecule has 3 rings (SSSR count). The lowest BCUT2D eigenvalue weighted by molar-refractivity contribution is -0.0457. The van der Waals surface area contributed by atoms with Crippen LogP contribution >= 0.6 is 7.60 Å². The van der Waals surface area contributed by atoms with Gasteiger partial charge in [-0.2, -0.15) is 0 Å². The molecule has 6 atom stereocenters. The van der Waals surface area contributed by atoms with Gasteiger partial charge in [0.15, 0.2) is 6.23 Å². The standard InChI is InChI=1S/C14H21N4O7P/c1-7(25-26(22,23)6-19)4-9-10(20)11(21)14(24-9)18-3-2-8-12(15)16-5-17-13(8)18/h2-3,5,7,9-11,14,19-21H,4,6H2,1H3,(H,22,23)(H2,15,16,17)/t7?,9?,10-,11-,14-/m1/s1. The van der Waals surface area contributed by atoms with E-state index in [2.05, 4.69) is 9.97 Å². The molecule has 0 radical (unpaired) electrons. The van der Waals surface area contributed by atoms with Gasteiger partial charge >= 0.3 is 7.60 Å². The van der Waals surface area contributed by atoms with Gasteiger partial charge in [-0.1, -0.05) is 0 Å². The van der Waals surface area contributed by atoms with Crippen LogP contribution in [0.5, 0.6) is 0 Å². The molecule has 144 valence electrons. The Morgan fingerprint density at radius 1 is 1.42 bits per heavy atom. The van der Waals surface area contributed by atoms with Crippen LogP contribution in [0.3, 0.4) is 0 Å². The maximum atomic E-state index is 11.4. The third kappa shape index (κ3) is 3.60. The van der Waals surface area contributed by atoms with Crippen molar-refractivity contribution < 1.29 is 34.0 Å². The number of anilines is 1. The summed E-state index contributed by atoms with van der Waals surface area (Å²) in [5.41, 5.74) is 6.23. The smallest absolute Gasteiger partial charge is 0.353 e. The molecule has 0 amide bonds. The molecule has 0 spiro atoms. The average Bonchev–Trinajstić information content (AvgIpc) is 3.12. The van der Waals surface area contributed by atoms with Crippen molar-refractivity contribution in [3.63, 3.8) is 0 Å². The second-order valence-electron chi connectivity index (χ2n) is 6.20. The lowest BCUT2D eigenvalue weighted by Crippen LogP contribution is -2.33. The third-order valence-electron chi connectivity index (χ3n) is 4.24. The SMILES string of the molecule is CC(CC1O[C@@H](n2ccc3c(N)ncnc32)[C@H](O)[C@@H]1O)OP(=O)(O)CO. The summed E-state index contributed by atoms with van der Waals surface area (Å²) in [6, 6.07) is 1.68. The van der Waals surface area contributed by atoms with E-state index >= 15 is 0 Å². The van der Waals surface area contributed by atoms with Crippen LogP contribution in [0.15, 0.2) is 18.6 Å². The van der Waals surface area contributed by atoms with Crippen LogP contribution in [0.25, 0.3) is 11.0 Å². The Bertz CT molecular complexity index is 831. The van der Waals surface area contributed by atoms with Crippen molar-refractivity contribution in [3.8, 4) is 0 Å². The number of nitrogen functional groups attached to an aromatic ring is 1. The molecule has 0 bridgehead atoms. The van der Waals surface area contributed by atoms with E-state index in [0.29, 0.717) is 11.0 Å². The molecule has 2 aromatic rings. The molecular weight excluding hydrogens is 367 g/mol. The first-order valence-electron chi connectivity index (χ1n) is 7.93. The van der Waals surface area contributed by atoms with Gasteiger partial charge in [-0.3, -0.25) is 4.57 Å². The number of fused-ring (bicyclic) bond motifs is 1. The Morgan fingerprint density at radius 2 is 2.15 bits per heavy atom. The fourth-order valence-electron chi connectivity index (χ4n) is 3.03. The molecule has 2 aromatic heterocycles. The van der Waals surface area contributed by atoms with Crippen molar-refractivity contribution in [2.75, 3.05) is 12.1 Å². The summed E-state index contributed by atoms with van der Waals surface area (Å²) in [5, 5.41) is 30.0. The van der Waals surface area contributed by atoms with Crippen molar-refractivity contribution in [3.05, 3.63) is 18.6 Å². The highest BCUT2D eigenvalue weighted by Crippen LogP contribution is 2.43. The topological polar surface area (TPSA) is 173 Å². The predicted molar refractivity (Wildman–Crippen MR) is 89.9 cm³/mol. The number of rotatable bonds is 6. The Kier molecular flexibility index (Phi) is 5.31. The number of nitrogens with zero attached hydrogens (tertiary/aromatic N) is 3. The molecule has 3 heterocycles. The number of hydrogen-bond donors (Lipinski definition) is 5. The number of aliphatic hydroxyl groups is 3. The zero-order chi connectivity index (χ0) is 19.1. The van der Waals surface area contributed by atoms with E-state index < -0.39 is 44.6 Å². The van der Waals surface area contributed by atoms with Crippen LogP contribution < -0.4 is 5.73 Å². The van der Waals surface area contributed by atoms with E-state index in [1.807, 2.05) is 0 Å². The number of aliphatic hydroxyl groups excluding tert-OH is 3. The minimum Gasteiger partial charge on any atom is -0.388 e. The molecule has 1 fully saturated rings. The predicted octanol–water partition coefficient (Wildman–Crippen LogP) is -0.437. The van der Waals surface area contributed by atoms with Gasteiger partial charge in [0, 0.05) is 12.6 Å². The highest BCUT2D eigenvalue weighted by Gasteiger charge is 2.45. The van der Waals surface area contributed by atoms with Gasteiger partial charge in [-0.25, -0.2) is 9.97 Å². The van der Waals surface area contributed by atoms with Crippen molar-refractivity contribution >= 4 is 24.4 Å². The normalized spacial score (nSPS) is 29.7. The maximum absolute atomic E-state index is 11.4. The molecule has 1 aliphatic heterocycles. The van der Waals surface area contributed by atoms with Crippen LogP contribution in [0.2, 0.25) is 0 Å². The van der Waals surface area contributed by atoms with Crippen molar-refractivity contribution in [1.82, 2.24) is 14.5 Å². The minimum atomic E-state index is -4.10. The summed E-state index contributed by atoms with van der Waals surface area (Å²) >= 11 is 0. The Balaban J connectivity index is 1.77. The van der Waals surface area contributed by atoms with Gasteiger partial charge in [-0.15, -0.1) is 0 Å². The lowest BCUT2D eigenvalue weighted by Gasteiger charge is -2.21. The second kappa shape index (κ2) is 7.20. The van der Waals surface area contributed by atoms with E-state index in [9.17, 15) is 19.7 Å². The molecule has 0 saturated carbocycles. The van der Waals surface area contributed by atoms with Crippen molar-refractivity contribution in [2.45, 2.75) is 44.0 Å². The van der Waals surface area contributed by atoms with Gasteiger partial charge in [0.1, 0.15) is 36.3 Å². The first-order valence-corrected chi connectivity index (χ1v) is 9.69. The zero-order valence-electron chi connectivity index (χ0n) is 13.9. The molecule has 1 aliphatic rings. The molecule has 6 N–H and O–H groups in total. The fourth-order valence-corrected chi connectivity index (χ4v) is 3.75. The summed E-state index contributed by atoms with van der Waals surface area (Å²) in [6.07, 6.45) is -3.12. The molecule has 3 unspecified atom stereocenters. The summed E-state index contributed by atoms with van der Waals surface area (Å²) in [5.74, 6) is 0.281. The summed E-state index contributed by atoms with van der Waals surface area (Å²) < 4.78 is 23.6. The number of hydrogen-bond acceptors (Lipinski definition) is 9. The van der Waals surface area contributed by atoms with Crippen molar-refractivity contribution in [2.24, 2.45) is 0 Å². The van der Waals surface area contributed by atoms with Crippen molar-refractivity contribution in [1.29, 1.82) is 0 Å². The molecule has 26 heavy (non-hydrogen) atoms. The maximum Gasteiger partial charge on any atom is 0.353 e. The van der Waals surface area contributed by atoms with E-state index in [1.165, 1.54) is 17.8 Å². The Labute approximate surface area is 148 Å². The lowest BCUT2D eigenvalue weighted by atomic mass is 10.1. The summed E-state index contributed by atoms with van der Waals surface area (Å²) in [7, 11) is -4.10. The molecule has 1 saturated heterocycles. The fraction of sp³-hybridized carbons (Fsp3) is 0.571. The molecule has 12 heteroatoms. The average molecular weight is 388 g/mol. The first kappa shape index (κ1) is 19.2.